The van der Waals surface area contributed by atoms with Gasteiger partial charge in [0.1, 0.15) is 17.5 Å². The van der Waals surface area contributed by atoms with Crippen LogP contribution in [0.5, 0.6) is 0 Å². The molecule has 2 aromatic carbocycles. The van der Waals surface area contributed by atoms with Crippen LogP contribution in [0.4, 0.5) is 23.7 Å². The molecule has 1 aliphatic carbocycles. The number of carbonyl (C=O) groups excluding carboxylic acids is 2. The Morgan fingerprint density at radius 1 is 0.959 bits per heavy atom. The van der Waals surface area contributed by atoms with Crippen molar-refractivity contribution in [1.82, 2.24) is 15.3 Å². The Bertz CT molecular complexity index is 1690. The fraction of sp³-hybridized carbons (Fsp3) is 0.351. The predicted octanol–water partition coefficient (Wildman–Crippen LogP) is 6.14. The molecule has 9 nitrogen and oxygen atoms in total. The zero-order chi connectivity index (χ0) is 34.4. The van der Waals surface area contributed by atoms with Crippen LogP contribution in [0.1, 0.15) is 60.4 Å². The summed E-state index contributed by atoms with van der Waals surface area (Å²) < 4.78 is 54.0. The Kier molecular flexibility index (Phi) is 10.5. The molecule has 256 valence electrons. The molecule has 0 unspecified atom stereocenters. The van der Waals surface area contributed by atoms with Gasteiger partial charge in [-0.15, -0.1) is 0 Å². The first-order chi connectivity index (χ1) is 23.7. The SMILES string of the molecule is N[C@H](C(=O)Nc1cncc(F)c1CC[C@@H]1CC[C@H](COC(=O)NC2(c3ccccn3)CC2)CO1)C(c1ccc(F)cc1)c1ccc(F)cc1. The summed E-state index contributed by atoms with van der Waals surface area (Å²) >= 11 is 0. The number of ether oxygens (including phenoxy) is 2. The minimum absolute atomic E-state index is 0.0381. The molecule has 2 amide bonds. The summed E-state index contributed by atoms with van der Waals surface area (Å²) in [5.41, 5.74) is 8.41. The number of benzene rings is 2. The monoisotopic (exact) mass is 673 g/mol. The number of aromatic nitrogens is 2. The lowest BCUT2D eigenvalue weighted by Crippen LogP contribution is -2.41. The minimum Gasteiger partial charge on any atom is -0.449 e. The number of pyridine rings is 2. The van der Waals surface area contributed by atoms with Gasteiger partial charge in [-0.25, -0.2) is 18.0 Å². The van der Waals surface area contributed by atoms with Crippen LogP contribution in [0, 0.1) is 23.4 Å². The summed E-state index contributed by atoms with van der Waals surface area (Å²) in [5.74, 6) is -2.79. The molecule has 49 heavy (non-hydrogen) atoms. The van der Waals surface area contributed by atoms with Crippen LogP contribution in [0.15, 0.2) is 85.3 Å². The Balaban J connectivity index is 1.02. The van der Waals surface area contributed by atoms with E-state index in [-0.39, 0.29) is 36.3 Å². The Morgan fingerprint density at radius 3 is 2.24 bits per heavy atom. The second-order valence-electron chi connectivity index (χ2n) is 12.7. The van der Waals surface area contributed by atoms with E-state index in [1.807, 2.05) is 18.2 Å². The maximum Gasteiger partial charge on any atom is 0.407 e. The van der Waals surface area contributed by atoms with Crippen molar-refractivity contribution in [3.63, 3.8) is 0 Å². The highest BCUT2D eigenvalue weighted by Gasteiger charge is 2.47. The van der Waals surface area contributed by atoms with E-state index in [4.69, 9.17) is 15.2 Å². The number of nitrogens with one attached hydrogen (secondary N) is 2. The maximum absolute atomic E-state index is 15.1. The van der Waals surface area contributed by atoms with Crippen molar-refractivity contribution in [2.75, 3.05) is 18.5 Å². The fourth-order valence-corrected chi connectivity index (χ4v) is 6.30. The molecule has 4 aromatic rings. The Labute approximate surface area is 282 Å². The largest absolute Gasteiger partial charge is 0.449 e. The Morgan fingerprint density at radius 2 is 1.65 bits per heavy atom. The number of nitrogens with zero attached hydrogens (tertiary/aromatic N) is 2. The molecule has 0 spiro atoms. The number of carbonyl (C=O) groups is 2. The van der Waals surface area contributed by atoms with Crippen LogP contribution in [0.3, 0.4) is 0 Å². The third-order valence-electron chi connectivity index (χ3n) is 9.26. The van der Waals surface area contributed by atoms with E-state index in [0.29, 0.717) is 30.6 Å². The van der Waals surface area contributed by atoms with Gasteiger partial charge in [0.05, 0.1) is 54.7 Å². The quantitative estimate of drug-likeness (QED) is 0.165. The van der Waals surface area contributed by atoms with Crippen molar-refractivity contribution in [3.05, 3.63) is 125 Å². The van der Waals surface area contributed by atoms with E-state index in [0.717, 1.165) is 31.2 Å². The molecular formula is C37H38F3N5O4. The maximum atomic E-state index is 15.1. The molecule has 1 saturated heterocycles. The highest BCUT2D eigenvalue weighted by molar-refractivity contribution is 5.96. The van der Waals surface area contributed by atoms with Gasteiger partial charge in [-0.1, -0.05) is 30.3 Å². The lowest BCUT2D eigenvalue weighted by molar-refractivity contribution is -0.117. The smallest absolute Gasteiger partial charge is 0.407 e. The van der Waals surface area contributed by atoms with Crippen molar-refractivity contribution in [3.8, 4) is 0 Å². The van der Waals surface area contributed by atoms with E-state index in [1.54, 1.807) is 6.20 Å². The van der Waals surface area contributed by atoms with Crippen LogP contribution in [-0.2, 0) is 26.2 Å². The highest BCUT2D eigenvalue weighted by atomic mass is 19.1. The molecule has 6 rings (SSSR count). The number of anilines is 1. The standard InChI is InChI=1S/C37H38F3N5O4/c38-26-9-5-24(6-10-26)33(25-7-11-27(39)12-8-25)34(41)35(46)44-31-20-42-19-30(40)29(31)15-14-28-13-4-23(21-48-28)22-49-36(47)45-37(16-17-37)32-3-1-2-18-43-32/h1-3,5-12,18-20,23,28,33-34H,4,13-17,21-22,41H2,(H,44,46)(H,45,47)/t23-,28-,34-/m0/s1. The Hall–Kier alpha value is -4.81. The lowest BCUT2D eigenvalue weighted by Gasteiger charge is -2.29. The van der Waals surface area contributed by atoms with Crippen molar-refractivity contribution in [2.45, 2.75) is 62.1 Å². The van der Waals surface area contributed by atoms with Crippen LogP contribution >= 0.6 is 0 Å². The summed E-state index contributed by atoms with van der Waals surface area (Å²) in [7, 11) is 0. The molecule has 2 aliphatic rings. The first kappa shape index (κ1) is 34.1. The molecular weight excluding hydrogens is 635 g/mol. The van der Waals surface area contributed by atoms with Gasteiger partial charge in [-0.3, -0.25) is 14.8 Å². The van der Waals surface area contributed by atoms with Gasteiger partial charge in [0.25, 0.3) is 0 Å². The predicted molar refractivity (Wildman–Crippen MR) is 176 cm³/mol. The first-order valence-corrected chi connectivity index (χ1v) is 16.4. The van der Waals surface area contributed by atoms with E-state index in [2.05, 4.69) is 20.6 Å². The second-order valence-corrected chi connectivity index (χ2v) is 12.7. The van der Waals surface area contributed by atoms with Gasteiger partial charge in [0, 0.05) is 23.6 Å². The summed E-state index contributed by atoms with van der Waals surface area (Å²) in [6.07, 6.45) is 7.39. The molecule has 0 radical (unpaired) electrons. The summed E-state index contributed by atoms with van der Waals surface area (Å²) in [6, 6.07) is 15.6. The van der Waals surface area contributed by atoms with Crippen molar-refractivity contribution < 1.29 is 32.2 Å². The number of nitrogens with two attached hydrogens (primary N) is 1. The minimum atomic E-state index is -1.18. The topological polar surface area (TPSA) is 128 Å². The number of hydrogen-bond donors (Lipinski definition) is 3. The van der Waals surface area contributed by atoms with Gasteiger partial charge in [0.2, 0.25) is 5.91 Å². The molecule has 4 N–H and O–H groups in total. The molecule has 12 heteroatoms. The number of rotatable bonds is 12. The molecule has 2 aromatic heterocycles. The average molecular weight is 674 g/mol. The number of alkyl carbamates (subject to hydrolysis) is 1. The van der Waals surface area contributed by atoms with Gasteiger partial charge in [0.15, 0.2) is 0 Å². The molecule has 0 bridgehead atoms. The third kappa shape index (κ3) is 8.44. The molecule has 1 aliphatic heterocycles. The van der Waals surface area contributed by atoms with Crippen molar-refractivity contribution >= 4 is 17.7 Å². The van der Waals surface area contributed by atoms with Crippen molar-refractivity contribution in [2.24, 2.45) is 11.7 Å². The van der Waals surface area contributed by atoms with Crippen LogP contribution in [0.2, 0.25) is 0 Å². The lowest BCUT2D eigenvalue weighted by atomic mass is 9.85. The van der Waals surface area contributed by atoms with E-state index in [9.17, 15) is 18.4 Å². The summed E-state index contributed by atoms with van der Waals surface area (Å²) in [5, 5.41) is 5.69. The van der Waals surface area contributed by atoms with E-state index in [1.165, 1.54) is 54.7 Å². The van der Waals surface area contributed by atoms with Gasteiger partial charge < -0.3 is 25.8 Å². The molecule has 3 heterocycles. The number of halogens is 3. The van der Waals surface area contributed by atoms with Gasteiger partial charge >= 0.3 is 6.09 Å². The zero-order valence-corrected chi connectivity index (χ0v) is 26.8. The molecule has 1 saturated carbocycles. The van der Waals surface area contributed by atoms with Crippen LogP contribution in [-0.4, -0.2) is 47.3 Å². The zero-order valence-electron chi connectivity index (χ0n) is 26.8. The fourth-order valence-electron chi connectivity index (χ4n) is 6.30. The van der Waals surface area contributed by atoms with Gasteiger partial charge in [-0.05, 0) is 86.1 Å². The normalized spacial score (nSPS) is 18.8. The number of hydrogen-bond acceptors (Lipinski definition) is 7. The van der Waals surface area contributed by atoms with Crippen molar-refractivity contribution in [1.29, 1.82) is 0 Å². The van der Waals surface area contributed by atoms with E-state index < -0.39 is 47.0 Å². The summed E-state index contributed by atoms with van der Waals surface area (Å²) in [6.45, 7) is 0.623. The highest BCUT2D eigenvalue weighted by Crippen LogP contribution is 2.44. The average Bonchev–Trinajstić information content (AvgIpc) is 3.90. The molecule has 2 fully saturated rings. The second kappa shape index (κ2) is 15.2. The number of amides is 2. The van der Waals surface area contributed by atoms with Crippen LogP contribution < -0.4 is 16.4 Å². The van der Waals surface area contributed by atoms with E-state index >= 15 is 4.39 Å². The van der Waals surface area contributed by atoms with Crippen LogP contribution in [0.25, 0.3) is 0 Å². The molecule has 3 atom stereocenters. The van der Waals surface area contributed by atoms with Gasteiger partial charge in [-0.2, -0.15) is 0 Å². The summed E-state index contributed by atoms with van der Waals surface area (Å²) in [4.78, 5) is 34.3. The third-order valence-corrected chi connectivity index (χ3v) is 9.26. The first-order valence-electron chi connectivity index (χ1n) is 16.4.